The molecule has 1 aliphatic carbocycles. The number of hydrogen-bond donors (Lipinski definition) is 0. The Morgan fingerprint density at radius 3 is 2.50 bits per heavy atom. The molecule has 9 heteroatoms. The Bertz CT molecular complexity index is 1160. The number of carbonyl (C=O) groups excluding carboxylic acids is 2. The molecular formula is C29H36N4O5. The minimum atomic E-state index is -0.261. The van der Waals surface area contributed by atoms with Crippen molar-refractivity contribution in [2.75, 3.05) is 60.2 Å². The van der Waals surface area contributed by atoms with E-state index in [-0.39, 0.29) is 30.3 Å². The average Bonchev–Trinajstić information content (AvgIpc) is 3.73. The van der Waals surface area contributed by atoms with E-state index in [1.807, 2.05) is 48.5 Å². The van der Waals surface area contributed by atoms with Gasteiger partial charge in [-0.15, -0.1) is 0 Å². The SMILES string of the molecule is COc1ccc(C2=NN(C(=O)CN(CCN3CCOCC3)C(=O)C3CC3)[C@H](c3ccccc3)C2)c(OC)c1. The summed E-state index contributed by atoms with van der Waals surface area (Å²) in [6.45, 7) is 4.36. The average molecular weight is 521 g/mol. The lowest BCUT2D eigenvalue weighted by molar-refractivity contribution is -0.142. The molecule has 1 saturated carbocycles. The molecule has 5 rings (SSSR count). The smallest absolute Gasteiger partial charge is 0.262 e. The lowest BCUT2D eigenvalue weighted by Crippen LogP contribution is -2.47. The van der Waals surface area contributed by atoms with Gasteiger partial charge in [0.15, 0.2) is 0 Å². The highest BCUT2D eigenvalue weighted by Crippen LogP contribution is 2.36. The lowest BCUT2D eigenvalue weighted by atomic mass is 9.98. The topological polar surface area (TPSA) is 83.9 Å². The number of rotatable bonds is 10. The van der Waals surface area contributed by atoms with Crippen LogP contribution in [-0.4, -0.2) is 92.5 Å². The van der Waals surface area contributed by atoms with Crippen molar-refractivity contribution in [2.45, 2.75) is 25.3 Å². The molecule has 2 aliphatic heterocycles. The summed E-state index contributed by atoms with van der Waals surface area (Å²) in [5, 5.41) is 6.38. The standard InChI is InChI=1S/C29H36N4O5/c1-36-23-10-11-24(27(18-23)37-2)25-19-26(21-6-4-3-5-7-21)33(30-25)28(34)20-32(29(35)22-8-9-22)13-12-31-14-16-38-17-15-31/h3-7,10-11,18,22,26H,8-9,12-17,19-20H2,1-2H3/t26-/m0/s1. The van der Waals surface area contributed by atoms with Crippen LogP contribution >= 0.6 is 0 Å². The van der Waals surface area contributed by atoms with Crippen LogP contribution in [-0.2, 0) is 14.3 Å². The number of carbonyl (C=O) groups is 2. The summed E-state index contributed by atoms with van der Waals surface area (Å²) < 4.78 is 16.4. The number of ether oxygens (including phenoxy) is 3. The molecule has 2 aromatic rings. The molecule has 1 saturated heterocycles. The van der Waals surface area contributed by atoms with Gasteiger partial charge in [-0.3, -0.25) is 14.5 Å². The Labute approximate surface area is 223 Å². The third-order valence-electron chi connectivity index (χ3n) is 7.42. The monoisotopic (exact) mass is 520 g/mol. The zero-order valence-corrected chi connectivity index (χ0v) is 22.2. The van der Waals surface area contributed by atoms with Crippen molar-refractivity contribution in [2.24, 2.45) is 11.0 Å². The first kappa shape index (κ1) is 26.2. The summed E-state index contributed by atoms with van der Waals surface area (Å²) in [5.41, 5.74) is 2.59. The summed E-state index contributed by atoms with van der Waals surface area (Å²) in [6.07, 6.45) is 2.34. The van der Waals surface area contributed by atoms with Crippen LogP contribution in [0.3, 0.4) is 0 Å². The molecule has 2 fully saturated rings. The number of benzene rings is 2. The number of methoxy groups -OCH3 is 2. The fraction of sp³-hybridized carbons (Fsp3) is 0.483. The molecule has 0 aromatic heterocycles. The van der Waals surface area contributed by atoms with E-state index in [4.69, 9.17) is 19.3 Å². The number of morpholine rings is 1. The summed E-state index contributed by atoms with van der Waals surface area (Å²) >= 11 is 0. The van der Waals surface area contributed by atoms with Gasteiger partial charge in [0.05, 0.1) is 39.2 Å². The van der Waals surface area contributed by atoms with E-state index in [1.54, 1.807) is 24.1 Å². The molecule has 202 valence electrons. The minimum Gasteiger partial charge on any atom is -0.497 e. The van der Waals surface area contributed by atoms with E-state index in [0.29, 0.717) is 37.7 Å². The second-order valence-corrected chi connectivity index (χ2v) is 9.97. The van der Waals surface area contributed by atoms with Crippen molar-refractivity contribution < 1.29 is 23.8 Å². The Morgan fingerprint density at radius 2 is 1.82 bits per heavy atom. The second-order valence-electron chi connectivity index (χ2n) is 9.97. The molecule has 0 radical (unpaired) electrons. The van der Waals surface area contributed by atoms with Crippen molar-refractivity contribution in [1.82, 2.24) is 14.8 Å². The summed E-state index contributed by atoms with van der Waals surface area (Å²) in [5.74, 6) is 1.26. The predicted octanol–water partition coefficient (Wildman–Crippen LogP) is 2.95. The van der Waals surface area contributed by atoms with E-state index >= 15 is 0 Å². The minimum absolute atomic E-state index is 0.0134. The van der Waals surface area contributed by atoms with E-state index in [1.165, 1.54) is 0 Å². The molecule has 1 atom stereocenters. The first-order chi connectivity index (χ1) is 18.6. The van der Waals surface area contributed by atoms with Crippen molar-refractivity contribution in [1.29, 1.82) is 0 Å². The molecule has 2 heterocycles. The Balaban J connectivity index is 1.38. The Kier molecular flexibility index (Phi) is 8.24. The maximum atomic E-state index is 13.8. The molecule has 2 amide bonds. The van der Waals surface area contributed by atoms with Gasteiger partial charge in [-0.25, -0.2) is 5.01 Å². The van der Waals surface area contributed by atoms with Crippen LogP contribution in [0.5, 0.6) is 11.5 Å². The summed E-state index contributed by atoms with van der Waals surface area (Å²) in [7, 11) is 3.22. The highest BCUT2D eigenvalue weighted by molar-refractivity contribution is 6.05. The molecule has 0 N–H and O–H groups in total. The first-order valence-corrected chi connectivity index (χ1v) is 13.3. The van der Waals surface area contributed by atoms with Crippen LogP contribution < -0.4 is 9.47 Å². The molecule has 3 aliphatic rings. The van der Waals surface area contributed by atoms with Gasteiger partial charge in [-0.05, 0) is 30.5 Å². The predicted molar refractivity (Wildman–Crippen MR) is 143 cm³/mol. The van der Waals surface area contributed by atoms with Crippen molar-refractivity contribution in [3.05, 3.63) is 59.7 Å². The maximum Gasteiger partial charge on any atom is 0.262 e. The van der Waals surface area contributed by atoms with Crippen molar-refractivity contribution in [3.8, 4) is 11.5 Å². The second kappa shape index (κ2) is 12.0. The van der Waals surface area contributed by atoms with Gasteiger partial charge in [0.25, 0.3) is 5.91 Å². The fourth-order valence-electron chi connectivity index (χ4n) is 5.05. The zero-order valence-electron chi connectivity index (χ0n) is 22.2. The van der Waals surface area contributed by atoms with Gasteiger partial charge in [-0.2, -0.15) is 5.10 Å². The van der Waals surface area contributed by atoms with Crippen LogP contribution in [0, 0.1) is 5.92 Å². The van der Waals surface area contributed by atoms with E-state index < -0.39 is 0 Å². The lowest BCUT2D eigenvalue weighted by Gasteiger charge is -2.31. The molecular weight excluding hydrogens is 484 g/mol. The quantitative estimate of drug-likeness (QED) is 0.479. The Morgan fingerprint density at radius 1 is 1.05 bits per heavy atom. The molecule has 38 heavy (non-hydrogen) atoms. The van der Waals surface area contributed by atoms with Crippen molar-refractivity contribution in [3.63, 3.8) is 0 Å². The zero-order chi connectivity index (χ0) is 26.5. The molecule has 0 spiro atoms. The van der Waals surface area contributed by atoms with Gasteiger partial charge in [0, 0.05) is 50.1 Å². The van der Waals surface area contributed by atoms with Crippen LogP contribution in [0.2, 0.25) is 0 Å². The summed E-state index contributed by atoms with van der Waals surface area (Å²) in [6, 6.07) is 15.3. The van der Waals surface area contributed by atoms with Crippen molar-refractivity contribution >= 4 is 17.5 Å². The number of nitrogens with zero attached hydrogens (tertiary/aromatic N) is 4. The first-order valence-electron chi connectivity index (χ1n) is 13.3. The third-order valence-corrected chi connectivity index (χ3v) is 7.42. The number of hydrazone groups is 1. The maximum absolute atomic E-state index is 13.8. The highest BCUT2D eigenvalue weighted by Gasteiger charge is 2.38. The molecule has 9 nitrogen and oxygen atoms in total. The van der Waals surface area contributed by atoms with Crippen LogP contribution in [0.1, 0.15) is 36.4 Å². The van der Waals surface area contributed by atoms with Crippen LogP contribution in [0.25, 0.3) is 0 Å². The number of hydrogen-bond acceptors (Lipinski definition) is 7. The molecule has 0 unspecified atom stereocenters. The Hall–Kier alpha value is -3.43. The van der Waals surface area contributed by atoms with Gasteiger partial charge in [0.2, 0.25) is 5.91 Å². The van der Waals surface area contributed by atoms with Gasteiger partial charge in [0.1, 0.15) is 18.0 Å². The van der Waals surface area contributed by atoms with Gasteiger partial charge in [-0.1, -0.05) is 30.3 Å². The van der Waals surface area contributed by atoms with E-state index in [2.05, 4.69) is 4.90 Å². The van der Waals surface area contributed by atoms with Crippen LogP contribution in [0.4, 0.5) is 0 Å². The van der Waals surface area contributed by atoms with Gasteiger partial charge < -0.3 is 19.1 Å². The number of amides is 2. The largest absolute Gasteiger partial charge is 0.497 e. The van der Waals surface area contributed by atoms with Crippen LogP contribution in [0.15, 0.2) is 53.6 Å². The molecule has 0 bridgehead atoms. The fourth-order valence-corrected chi connectivity index (χ4v) is 5.05. The normalized spacial score (nSPS) is 19.7. The van der Waals surface area contributed by atoms with Gasteiger partial charge >= 0.3 is 0 Å². The summed E-state index contributed by atoms with van der Waals surface area (Å²) in [4.78, 5) is 31.0. The van der Waals surface area contributed by atoms with E-state index in [0.717, 1.165) is 49.3 Å². The highest BCUT2D eigenvalue weighted by atomic mass is 16.5. The van der Waals surface area contributed by atoms with E-state index in [9.17, 15) is 9.59 Å². The molecule has 2 aromatic carbocycles. The third kappa shape index (κ3) is 6.00.